The van der Waals surface area contributed by atoms with Crippen molar-refractivity contribution in [1.82, 2.24) is 14.2 Å². The van der Waals surface area contributed by atoms with Gasteiger partial charge < -0.3 is 20.7 Å². The predicted octanol–water partition coefficient (Wildman–Crippen LogP) is 2.20. The van der Waals surface area contributed by atoms with E-state index in [-0.39, 0.29) is 11.3 Å². The first-order valence-electron chi connectivity index (χ1n) is 11.6. The topological polar surface area (TPSA) is 152 Å². The Morgan fingerprint density at radius 2 is 1.84 bits per heavy atom. The van der Waals surface area contributed by atoms with Gasteiger partial charge in [0.15, 0.2) is 0 Å². The van der Waals surface area contributed by atoms with Gasteiger partial charge in [-0.05, 0) is 49.1 Å². The molecule has 4 N–H and O–H groups in total. The molecule has 198 valence electrons. The molecular formula is C25H30N4O6S2. The van der Waals surface area contributed by atoms with Gasteiger partial charge in [-0.15, -0.1) is 11.3 Å². The molecule has 2 amide bonds. The van der Waals surface area contributed by atoms with Gasteiger partial charge in [0.2, 0.25) is 5.91 Å². The molecule has 0 aliphatic rings. The summed E-state index contributed by atoms with van der Waals surface area (Å²) in [6.45, 7) is 2.09. The summed E-state index contributed by atoms with van der Waals surface area (Å²) >= 11 is 1.15. The first-order valence-corrected chi connectivity index (χ1v) is 13.9. The van der Waals surface area contributed by atoms with Crippen LogP contribution in [0.4, 0.5) is 0 Å². The Morgan fingerprint density at radius 1 is 1.14 bits per heavy atom. The third kappa shape index (κ3) is 6.85. The monoisotopic (exact) mass is 546 g/mol. The highest BCUT2D eigenvalue weighted by atomic mass is 32.2. The predicted molar refractivity (Wildman–Crippen MR) is 139 cm³/mol. The molecule has 3 rings (SSSR count). The standard InChI is InChI=1S/C25H30N4O6S2/c1-17-7-9-19(10-8-17)37(34,35)29(24(31)23(26)21-6-4-16-36-21)20(25(32)33)11-12-22(30)27-14-13-18-5-3-15-28(18)2/h3-10,15-16,20,23H,11-14,26H2,1-2H3,(H,27,30)(H,32,33)/t20-,23?/m0/s1. The number of aromatic nitrogens is 1. The Balaban J connectivity index is 1.83. The average Bonchev–Trinajstić information content (AvgIpc) is 3.53. The number of rotatable bonds is 12. The van der Waals surface area contributed by atoms with E-state index in [9.17, 15) is 27.9 Å². The second kappa shape index (κ2) is 12.2. The molecule has 0 fully saturated rings. The fraction of sp³-hybridized carbons (Fsp3) is 0.320. The maximum Gasteiger partial charge on any atom is 0.327 e. The number of nitrogens with one attached hydrogen (secondary N) is 1. The maximum absolute atomic E-state index is 13.6. The number of nitrogens with zero attached hydrogens (tertiary/aromatic N) is 2. The molecule has 0 radical (unpaired) electrons. The molecule has 2 atom stereocenters. The summed E-state index contributed by atoms with van der Waals surface area (Å²) < 4.78 is 29.4. The molecule has 0 aliphatic heterocycles. The van der Waals surface area contributed by atoms with E-state index in [4.69, 9.17) is 5.73 Å². The lowest BCUT2D eigenvalue weighted by atomic mass is 10.1. The molecule has 2 heterocycles. The fourth-order valence-electron chi connectivity index (χ4n) is 3.77. The molecule has 2 aromatic heterocycles. The lowest BCUT2D eigenvalue weighted by molar-refractivity contribution is -0.147. The van der Waals surface area contributed by atoms with Gasteiger partial charge in [0.25, 0.3) is 15.9 Å². The highest BCUT2D eigenvalue weighted by Crippen LogP contribution is 2.27. The van der Waals surface area contributed by atoms with E-state index in [1.165, 1.54) is 12.1 Å². The van der Waals surface area contributed by atoms with Crippen molar-refractivity contribution in [2.24, 2.45) is 12.8 Å². The van der Waals surface area contributed by atoms with Gasteiger partial charge in [-0.1, -0.05) is 23.8 Å². The Kier molecular flexibility index (Phi) is 9.24. The Hall–Kier alpha value is -3.48. The van der Waals surface area contributed by atoms with Crippen molar-refractivity contribution in [3.05, 3.63) is 76.2 Å². The molecule has 10 nitrogen and oxygen atoms in total. The van der Waals surface area contributed by atoms with Crippen molar-refractivity contribution < 1.29 is 27.9 Å². The number of carboxylic acid groups (broad SMARTS) is 1. The average molecular weight is 547 g/mol. The summed E-state index contributed by atoms with van der Waals surface area (Å²) in [5, 5.41) is 14.4. The Morgan fingerprint density at radius 3 is 2.41 bits per heavy atom. The van der Waals surface area contributed by atoms with Crippen LogP contribution in [0.15, 0.2) is 65.0 Å². The highest BCUT2D eigenvalue weighted by molar-refractivity contribution is 7.89. The van der Waals surface area contributed by atoms with Crippen LogP contribution in [0.2, 0.25) is 0 Å². The number of carbonyl (C=O) groups excluding carboxylic acids is 2. The molecule has 0 saturated carbocycles. The smallest absolute Gasteiger partial charge is 0.327 e. The zero-order valence-corrected chi connectivity index (χ0v) is 22.2. The lowest BCUT2D eigenvalue weighted by Crippen LogP contribution is -2.51. The minimum absolute atomic E-state index is 0.247. The van der Waals surface area contributed by atoms with Crippen molar-refractivity contribution in [1.29, 1.82) is 0 Å². The molecular weight excluding hydrogens is 516 g/mol. The molecule has 1 aromatic carbocycles. The van der Waals surface area contributed by atoms with Crippen LogP contribution in [-0.4, -0.2) is 52.8 Å². The van der Waals surface area contributed by atoms with Crippen LogP contribution in [0.25, 0.3) is 0 Å². The number of aryl methyl sites for hydroxylation is 2. The first kappa shape index (κ1) is 28.1. The van der Waals surface area contributed by atoms with E-state index in [0.29, 0.717) is 22.1 Å². The number of thiophene rings is 1. The van der Waals surface area contributed by atoms with Gasteiger partial charge >= 0.3 is 5.97 Å². The van der Waals surface area contributed by atoms with Crippen molar-refractivity contribution >= 4 is 39.1 Å². The summed E-state index contributed by atoms with van der Waals surface area (Å²) in [7, 11) is -2.72. The first-order chi connectivity index (χ1) is 17.5. The number of amides is 2. The number of aliphatic carboxylic acids is 1. The van der Waals surface area contributed by atoms with Crippen LogP contribution in [0, 0.1) is 6.92 Å². The van der Waals surface area contributed by atoms with E-state index in [2.05, 4.69) is 5.32 Å². The number of carbonyl (C=O) groups is 3. The van der Waals surface area contributed by atoms with E-state index < -0.39 is 46.3 Å². The molecule has 3 aromatic rings. The van der Waals surface area contributed by atoms with Crippen LogP contribution in [-0.2, 0) is 37.9 Å². The van der Waals surface area contributed by atoms with Crippen molar-refractivity contribution in [3.8, 4) is 0 Å². The largest absolute Gasteiger partial charge is 0.480 e. The van der Waals surface area contributed by atoms with Gasteiger partial charge in [-0.25, -0.2) is 17.5 Å². The lowest BCUT2D eigenvalue weighted by Gasteiger charge is -2.30. The fourth-order valence-corrected chi connectivity index (χ4v) is 6.08. The quantitative estimate of drug-likeness (QED) is 0.315. The van der Waals surface area contributed by atoms with Crippen LogP contribution < -0.4 is 11.1 Å². The third-order valence-corrected chi connectivity index (χ3v) is 8.65. The van der Waals surface area contributed by atoms with Gasteiger partial charge in [0, 0.05) is 43.2 Å². The summed E-state index contributed by atoms with van der Waals surface area (Å²) in [6.07, 6.45) is 1.74. The van der Waals surface area contributed by atoms with E-state index in [0.717, 1.165) is 22.6 Å². The number of hydrogen-bond acceptors (Lipinski definition) is 7. The van der Waals surface area contributed by atoms with Crippen LogP contribution in [0.3, 0.4) is 0 Å². The highest BCUT2D eigenvalue weighted by Gasteiger charge is 2.42. The normalized spacial score (nSPS) is 13.1. The second-order valence-corrected chi connectivity index (χ2v) is 11.3. The Labute approximate surface area is 219 Å². The maximum atomic E-state index is 13.6. The van der Waals surface area contributed by atoms with Gasteiger partial charge in [0.05, 0.1) is 4.90 Å². The van der Waals surface area contributed by atoms with Crippen molar-refractivity contribution in [2.45, 2.75) is 43.2 Å². The molecule has 0 bridgehead atoms. The number of carboxylic acids is 1. The SMILES string of the molecule is Cc1ccc(S(=O)(=O)N(C(=O)C(N)c2cccs2)[C@@H](CCC(=O)NCCc2cccn2C)C(=O)O)cc1. The Bertz CT molecular complexity index is 1330. The van der Waals surface area contributed by atoms with Gasteiger partial charge in [-0.2, -0.15) is 0 Å². The number of nitrogens with two attached hydrogens (primary N) is 1. The zero-order chi connectivity index (χ0) is 27.2. The zero-order valence-electron chi connectivity index (χ0n) is 20.5. The minimum atomic E-state index is -4.60. The van der Waals surface area contributed by atoms with Crippen molar-refractivity contribution in [2.75, 3.05) is 6.54 Å². The van der Waals surface area contributed by atoms with Crippen LogP contribution >= 0.6 is 11.3 Å². The molecule has 12 heteroatoms. The molecule has 0 saturated heterocycles. The number of benzene rings is 1. The number of sulfonamides is 1. The third-order valence-electron chi connectivity index (χ3n) is 5.88. The summed E-state index contributed by atoms with van der Waals surface area (Å²) in [5.41, 5.74) is 7.87. The van der Waals surface area contributed by atoms with Crippen molar-refractivity contribution in [3.63, 3.8) is 0 Å². The van der Waals surface area contributed by atoms with Crippen LogP contribution in [0.1, 0.15) is 35.0 Å². The summed E-state index contributed by atoms with van der Waals surface area (Å²) in [6, 6.07) is 9.51. The van der Waals surface area contributed by atoms with E-state index in [1.54, 1.807) is 36.6 Å². The van der Waals surface area contributed by atoms with Crippen LogP contribution in [0.5, 0.6) is 0 Å². The van der Waals surface area contributed by atoms with E-state index >= 15 is 0 Å². The second-order valence-electron chi connectivity index (χ2n) is 8.55. The van der Waals surface area contributed by atoms with Gasteiger partial charge in [-0.3, -0.25) is 9.59 Å². The molecule has 37 heavy (non-hydrogen) atoms. The minimum Gasteiger partial charge on any atom is -0.480 e. The van der Waals surface area contributed by atoms with E-state index in [1.807, 2.05) is 29.9 Å². The number of hydrogen-bond donors (Lipinski definition) is 3. The molecule has 0 spiro atoms. The summed E-state index contributed by atoms with van der Waals surface area (Å²) in [5.74, 6) is -3.10. The molecule has 0 aliphatic carbocycles. The molecule has 1 unspecified atom stereocenters. The van der Waals surface area contributed by atoms with Gasteiger partial charge in [0.1, 0.15) is 12.1 Å². The summed E-state index contributed by atoms with van der Waals surface area (Å²) in [4.78, 5) is 38.3.